The van der Waals surface area contributed by atoms with E-state index in [2.05, 4.69) is 0 Å². The van der Waals surface area contributed by atoms with E-state index >= 15 is 0 Å². The Labute approximate surface area is 156 Å². The largest absolute Gasteiger partial charge is 0.507 e. The summed E-state index contributed by atoms with van der Waals surface area (Å²) in [7, 11) is 1.36. The molecule has 0 unspecified atom stereocenters. The highest BCUT2D eigenvalue weighted by molar-refractivity contribution is 6.11. The zero-order valence-electron chi connectivity index (χ0n) is 15.3. The Kier molecular flexibility index (Phi) is 6.54. The summed E-state index contributed by atoms with van der Waals surface area (Å²) in [4.78, 5) is 35.2. The molecule has 0 aromatic heterocycles. The fourth-order valence-electron chi connectivity index (χ4n) is 2.54. The van der Waals surface area contributed by atoms with E-state index < -0.39 is 17.7 Å². The maximum absolute atomic E-state index is 12.8. The van der Waals surface area contributed by atoms with Crippen LogP contribution in [0.2, 0.25) is 0 Å². The molecule has 0 fully saturated rings. The second-order valence-corrected chi connectivity index (χ2v) is 5.70. The summed E-state index contributed by atoms with van der Waals surface area (Å²) < 4.78 is 15.3. The predicted octanol–water partition coefficient (Wildman–Crippen LogP) is 2.76. The standard InChI is InChI=1S/C20H20O7/c1-12(21)26-10-15-9-16(18(23)14-7-5-4-6-8-14)19(24)17(20(15)25-3)11-27-13(2)22/h4-9,24H,10-11H2,1-3H3. The van der Waals surface area contributed by atoms with E-state index in [1.54, 1.807) is 30.3 Å². The number of ether oxygens (including phenoxy) is 3. The number of ketones is 1. The lowest BCUT2D eigenvalue weighted by Crippen LogP contribution is -2.10. The van der Waals surface area contributed by atoms with E-state index in [1.807, 2.05) is 0 Å². The van der Waals surface area contributed by atoms with E-state index in [9.17, 15) is 19.5 Å². The number of hydrogen-bond acceptors (Lipinski definition) is 7. The highest BCUT2D eigenvalue weighted by Gasteiger charge is 2.24. The molecule has 1 N–H and O–H groups in total. The third-order valence-corrected chi connectivity index (χ3v) is 3.76. The molecule has 0 aliphatic heterocycles. The summed E-state index contributed by atoms with van der Waals surface area (Å²) >= 11 is 0. The lowest BCUT2D eigenvalue weighted by molar-refractivity contribution is -0.143. The van der Waals surface area contributed by atoms with Gasteiger partial charge < -0.3 is 19.3 Å². The van der Waals surface area contributed by atoms with Crippen molar-refractivity contribution in [3.05, 3.63) is 58.7 Å². The van der Waals surface area contributed by atoms with Gasteiger partial charge in [0.05, 0.1) is 18.2 Å². The monoisotopic (exact) mass is 372 g/mol. The van der Waals surface area contributed by atoms with Crippen molar-refractivity contribution in [3.8, 4) is 11.5 Å². The molecule has 7 nitrogen and oxygen atoms in total. The summed E-state index contributed by atoms with van der Waals surface area (Å²) in [5.41, 5.74) is 0.852. The third-order valence-electron chi connectivity index (χ3n) is 3.76. The van der Waals surface area contributed by atoms with Crippen molar-refractivity contribution >= 4 is 17.7 Å². The molecule has 2 aromatic carbocycles. The second-order valence-electron chi connectivity index (χ2n) is 5.70. The molecule has 0 spiro atoms. The normalized spacial score (nSPS) is 10.2. The molecule has 0 bridgehead atoms. The van der Waals surface area contributed by atoms with Gasteiger partial charge in [0.1, 0.15) is 24.7 Å². The van der Waals surface area contributed by atoms with Gasteiger partial charge in [-0.2, -0.15) is 0 Å². The van der Waals surface area contributed by atoms with Crippen LogP contribution >= 0.6 is 0 Å². The number of rotatable bonds is 7. The van der Waals surface area contributed by atoms with Crippen molar-refractivity contribution in [2.75, 3.05) is 7.11 Å². The van der Waals surface area contributed by atoms with Gasteiger partial charge in [-0.15, -0.1) is 0 Å². The summed E-state index contributed by atoms with van der Waals surface area (Å²) in [5, 5.41) is 10.6. The Morgan fingerprint density at radius 1 is 0.963 bits per heavy atom. The molecule has 0 heterocycles. The number of methoxy groups -OCH3 is 1. The maximum atomic E-state index is 12.8. The van der Waals surface area contributed by atoms with E-state index in [0.717, 1.165) is 0 Å². The Morgan fingerprint density at radius 3 is 2.11 bits per heavy atom. The number of aromatic hydroxyl groups is 1. The van der Waals surface area contributed by atoms with Crippen LogP contribution in [0.4, 0.5) is 0 Å². The molecule has 0 radical (unpaired) electrons. The van der Waals surface area contributed by atoms with Crippen molar-refractivity contribution in [1.29, 1.82) is 0 Å². The minimum absolute atomic E-state index is 0.00805. The van der Waals surface area contributed by atoms with Gasteiger partial charge in [-0.25, -0.2) is 0 Å². The average molecular weight is 372 g/mol. The van der Waals surface area contributed by atoms with Crippen molar-refractivity contribution in [3.63, 3.8) is 0 Å². The van der Waals surface area contributed by atoms with Crippen LogP contribution < -0.4 is 4.74 Å². The molecule has 0 saturated carbocycles. The summed E-state index contributed by atoms with van der Waals surface area (Å²) in [6.45, 7) is 2.01. The summed E-state index contributed by atoms with van der Waals surface area (Å²) in [6.07, 6.45) is 0. The molecule has 0 atom stereocenters. The number of carbonyl (C=O) groups is 3. The van der Waals surface area contributed by atoms with Crippen LogP contribution in [0.3, 0.4) is 0 Å². The molecule has 2 aromatic rings. The first-order valence-corrected chi connectivity index (χ1v) is 8.13. The molecule has 27 heavy (non-hydrogen) atoms. The van der Waals surface area contributed by atoms with Gasteiger partial charge in [0.15, 0.2) is 5.78 Å². The minimum atomic E-state index is -0.558. The SMILES string of the molecule is COc1c(COC(C)=O)cc(C(=O)c2ccccc2)c(O)c1COC(C)=O. The number of benzene rings is 2. The second kappa shape index (κ2) is 8.84. The van der Waals surface area contributed by atoms with Gasteiger partial charge in [0.25, 0.3) is 0 Å². The zero-order valence-corrected chi connectivity index (χ0v) is 15.3. The van der Waals surface area contributed by atoms with Crippen LogP contribution in [0.25, 0.3) is 0 Å². The Morgan fingerprint density at radius 2 is 1.56 bits per heavy atom. The maximum Gasteiger partial charge on any atom is 0.302 e. The first kappa shape index (κ1) is 20.0. The molecule has 0 aliphatic carbocycles. The van der Waals surface area contributed by atoms with Crippen molar-refractivity contribution < 1.29 is 33.7 Å². The molecular weight excluding hydrogens is 352 g/mol. The first-order chi connectivity index (χ1) is 12.8. The van der Waals surface area contributed by atoms with Crippen LogP contribution in [0.15, 0.2) is 36.4 Å². The highest BCUT2D eigenvalue weighted by Crippen LogP contribution is 2.37. The van der Waals surface area contributed by atoms with Gasteiger partial charge in [-0.1, -0.05) is 30.3 Å². The molecule has 0 amide bonds. The summed E-state index contributed by atoms with van der Waals surface area (Å²) in [6, 6.07) is 9.81. The van der Waals surface area contributed by atoms with E-state index in [0.29, 0.717) is 11.1 Å². The average Bonchev–Trinajstić information content (AvgIpc) is 2.65. The third kappa shape index (κ3) is 4.84. The van der Waals surface area contributed by atoms with E-state index in [1.165, 1.54) is 27.0 Å². The quantitative estimate of drug-likeness (QED) is 0.589. The van der Waals surface area contributed by atoms with Crippen molar-refractivity contribution in [1.82, 2.24) is 0 Å². The van der Waals surface area contributed by atoms with Gasteiger partial charge >= 0.3 is 11.9 Å². The predicted molar refractivity (Wildman–Crippen MR) is 95.5 cm³/mol. The van der Waals surface area contributed by atoms with Gasteiger partial charge in [-0.05, 0) is 6.07 Å². The van der Waals surface area contributed by atoms with Crippen LogP contribution in [0.1, 0.15) is 40.9 Å². The molecule has 7 heteroatoms. The topological polar surface area (TPSA) is 99.1 Å². The molecule has 2 rings (SSSR count). The van der Waals surface area contributed by atoms with Gasteiger partial charge in [0, 0.05) is 25.0 Å². The lowest BCUT2D eigenvalue weighted by atomic mass is 9.96. The Balaban J connectivity index is 2.59. The van der Waals surface area contributed by atoms with E-state index in [4.69, 9.17) is 14.2 Å². The molecular formula is C20H20O7. The van der Waals surface area contributed by atoms with Gasteiger partial charge in [0.2, 0.25) is 0 Å². The zero-order chi connectivity index (χ0) is 20.0. The Hall–Kier alpha value is -3.35. The molecule has 142 valence electrons. The number of phenolic OH excluding ortho intramolecular Hbond substituents is 1. The Bertz CT molecular complexity index is 856. The fraction of sp³-hybridized carbons (Fsp3) is 0.250. The van der Waals surface area contributed by atoms with Crippen LogP contribution in [-0.2, 0) is 32.3 Å². The van der Waals surface area contributed by atoms with Crippen molar-refractivity contribution in [2.45, 2.75) is 27.1 Å². The number of esters is 2. The van der Waals surface area contributed by atoms with Crippen LogP contribution in [0, 0.1) is 0 Å². The first-order valence-electron chi connectivity index (χ1n) is 8.13. The van der Waals surface area contributed by atoms with Crippen LogP contribution in [0.5, 0.6) is 11.5 Å². The van der Waals surface area contributed by atoms with Gasteiger partial charge in [-0.3, -0.25) is 14.4 Å². The van der Waals surface area contributed by atoms with Crippen molar-refractivity contribution in [2.24, 2.45) is 0 Å². The highest BCUT2D eigenvalue weighted by atomic mass is 16.5. The van der Waals surface area contributed by atoms with Crippen LogP contribution in [-0.4, -0.2) is 29.9 Å². The summed E-state index contributed by atoms with van der Waals surface area (Å²) in [5.74, 6) is -1.67. The lowest BCUT2D eigenvalue weighted by Gasteiger charge is -2.18. The van der Waals surface area contributed by atoms with E-state index in [-0.39, 0.29) is 35.8 Å². The smallest absolute Gasteiger partial charge is 0.302 e. The number of phenols is 1. The fourth-order valence-corrected chi connectivity index (χ4v) is 2.54. The molecule has 0 saturated heterocycles. The minimum Gasteiger partial charge on any atom is -0.507 e. The number of hydrogen-bond donors (Lipinski definition) is 1. The number of carbonyl (C=O) groups excluding carboxylic acids is 3. The molecule has 0 aliphatic rings.